The summed E-state index contributed by atoms with van der Waals surface area (Å²) in [5.74, 6) is -3.12. The van der Waals surface area contributed by atoms with Gasteiger partial charge in [0.1, 0.15) is 11.9 Å². The molecular weight excluding hydrogens is 311 g/mol. The Hall–Kier alpha value is -2.95. The van der Waals surface area contributed by atoms with Gasteiger partial charge in [0, 0.05) is 6.92 Å². The fourth-order valence-electron chi connectivity index (χ4n) is 3.68. The Kier molecular flexibility index (Phi) is 3.17. The van der Waals surface area contributed by atoms with Gasteiger partial charge in [-0.2, -0.15) is 15.8 Å². The summed E-state index contributed by atoms with van der Waals surface area (Å²) in [5.41, 5.74) is -3.60. The van der Waals surface area contributed by atoms with E-state index in [-0.39, 0.29) is 5.56 Å². The lowest BCUT2D eigenvalue weighted by Crippen LogP contribution is -2.57. The van der Waals surface area contributed by atoms with Crippen LogP contribution in [0.4, 0.5) is 4.39 Å². The first-order valence-electron chi connectivity index (χ1n) is 7.26. The second-order valence-electron chi connectivity index (χ2n) is 6.17. The molecule has 2 aliphatic rings. The van der Waals surface area contributed by atoms with Crippen LogP contribution in [-0.4, -0.2) is 11.7 Å². The van der Waals surface area contributed by atoms with E-state index in [0.717, 1.165) is 6.07 Å². The molecule has 0 saturated carbocycles. The van der Waals surface area contributed by atoms with E-state index in [1.165, 1.54) is 18.2 Å². The maximum Gasteiger partial charge on any atom is 0.214 e. The SMILES string of the molecule is C[C@@H]1[C@@]2(C)OC(=N)[C@@]1(C#N)C(C#N)(C#N)[C@@H](c1cccc(F)c1)O2. The van der Waals surface area contributed by atoms with Crippen molar-refractivity contribution in [2.24, 2.45) is 16.7 Å². The Morgan fingerprint density at radius 2 is 1.88 bits per heavy atom. The number of nitrogens with zero attached hydrogens (tertiary/aromatic N) is 3. The van der Waals surface area contributed by atoms with E-state index in [1.54, 1.807) is 13.8 Å². The highest BCUT2D eigenvalue weighted by atomic mass is 19.1. The Labute approximate surface area is 138 Å². The minimum absolute atomic E-state index is 0.245. The Morgan fingerprint density at radius 3 is 2.42 bits per heavy atom. The highest BCUT2D eigenvalue weighted by Gasteiger charge is 2.78. The summed E-state index contributed by atoms with van der Waals surface area (Å²) in [6.45, 7) is 3.16. The van der Waals surface area contributed by atoms with Crippen LogP contribution in [0.2, 0.25) is 0 Å². The molecule has 7 heteroatoms. The summed E-state index contributed by atoms with van der Waals surface area (Å²) in [6, 6.07) is 11.1. The summed E-state index contributed by atoms with van der Waals surface area (Å²) in [5, 5.41) is 37.6. The molecule has 1 aromatic rings. The predicted octanol–water partition coefficient (Wildman–Crippen LogP) is 2.80. The van der Waals surface area contributed by atoms with Gasteiger partial charge in [0.15, 0.2) is 5.41 Å². The Morgan fingerprint density at radius 1 is 1.21 bits per heavy atom. The number of rotatable bonds is 1. The van der Waals surface area contributed by atoms with Crippen molar-refractivity contribution in [2.75, 3.05) is 0 Å². The summed E-state index contributed by atoms with van der Waals surface area (Å²) in [4.78, 5) is 0. The molecule has 120 valence electrons. The number of hydrogen-bond donors (Lipinski definition) is 1. The molecule has 0 aromatic heterocycles. The molecule has 4 atom stereocenters. The number of hydrogen-bond acceptors (Lipinski definition) is 6. The summed E-state index contributed by atoms with van der Waals surface area (Å²) in [7, 11) is 0. The van der Waals surface area contributed by atoms with Crippen LogP contribution >= 0.6 is 0 Å². The van der Waals surface area contributed by atoms with E-state index >= 15 is 0 Å². The zero-order chi connectivity index (χ0) is 17.8. The van der Waals surface area contributed by atoms with Crippen molar-refractivity contribution in [3.8, 4) is 18.2 Å². The van der Waals surface area contributed by atoms with Crippen LogP contribution in [0.25, 0.3) is 0 Å². The normalized spacial score (nSPS) is 36.1. The summed E-state index contributed by atoms with van der Waals surface area (Å²) < 4.78 is 25.0. The van der Waals surface area contributed by atoms with E-state index in [0.29, 0.717) is 0 Å². The second-order valence-corrected chi connectivity index (χ2v) is 6.17. The molecule has 2 bridgehead atoms. The fourth-order valence-corrected chi connectivity index (χ4v) is 3.68. The van der Waals surface area contributed by atoms with E-state index in [1.807, 2.05) is 18.2 Å². The van der Waals surface area contributed by atoms with Crippen molar-refractivity contribution in [3.05, 3.63) is 35.6 Å². The van der Waals surface area contributed by atoms with Gasteiger partial charge in [0.2, 0.25) is 17.1 Å². The zero-order valence-electron chi connectivity index (χ0n) is 13.0. The fraction of sp³-hybridized carbons (Fsp3) is 0.412. The first-order valence-corrected chi connectivity index (χ1v) is 7.26. The summed E-state index contributed by atoms with van der Waals surface area (Å²) in [6.07, 6.45) is -1.23. The van der Waals surface area contributed by atoms with Gasteiger partial charge in [0.25, 0.3) is 0 Å². The van der Waals surface area contributed by atoms with E-state index in [9.17, 15) is 20.2 Å². The van der Waals surface area contributed by atoms with E-state index < -0.39 is 40.4 Å². The number of ether oxygens (including phenoxy) is 2. The molecule has 3 rings (SSSR count). The molecule has 0 aliphatic carbocycles. The first-order chi connectivity index (χ1) is 11.3. The molecule has 0 amide bonds. The maximum atomic E-state index is 13.7. The lowest BCUT2D eigenvalue weighted by atomic mass is 9.54. The minimum Gasteiger partial charge on any atom is -0.448 e. The Bertz CT molecular complexity index is 851. The molecule has 24 heavy (non-hydrogen) atoms. The van der Waals surface area contributed by atoms with Crippen molar-refractivity contribution in [2.45, 2.75) is 25.7 Å². The van der Waals surface area contributed by atoms with Gasteiger partial charge in [-0.15, -0.1) is 0 Å². The Balaban J connectivity index is 2.34. The van der Waals surface area contributed by atoms with Gasteiger partial charge in [-0.1, -0.05) is 19.1 Å². The van der Waals surface area contributed by atoms with Gasteiger partial charge >= 0.3 is 0 Å². The third kappa shape index (κ3) is 1.56. The third-order valence-electron chi connectivity index (χ3n) is 5.15. The lowest BCUT2D eigenvalue weighted by molar-refractivity contribution is -0.268. The van der Waals surface area contributed by atoms with Gasteiger partial charge in [0.05, 0.1) is 24.1 Å². The van der Waals surface area contributed by atoms with Crippen LogP contribution in [0.3, 0.4) is 0 Å². The molecular formula is C17H13FN4O2. The summed E-state index contributed by atoms with van der Waals surface area (Å²) >= 11 is 0. The van der Waals surface area contributed by atoms with Crippen LogP contribution in [0.5, 0.6) is 0 Å². The molecule has 0 unspecified atom stereocenters. The van der Waals surface area contributed by atoms with Crippen molar-refractivity contribution < 1.29 is 13.9 Å². The van der Waals surface area contributed by atoms with Gasteiger partial charge < -0.3 is 9.47 Å². The monoisotopic (exact) mass is 324 g/mol. The van der Waals surface area contributed by atoms with Crippen LogP contribution in [-0.2, 0) is 9.47 Å². The molecule has 2 aliphatic heterocycles. The van der Waals surface area contributed by atoms with Crippen molar-refractivity contribution in [1.29, 1.82) is 21.2 Å². The third-order valence-corrected chi connectivity index (χ3v) is 5.15. The van der Waals surface area contributed by atoms with Crippen molar-refractivity contribution in [1.82, 2.24) is 0 Å². The number of nitriles is 3. The smallest absolute Gasteiger partial charge is 0.214 e. The van der Waals surface area contributed by atoms with Crippen LogP contribution in [0.15, 0.2) is 24.3 Å². The largest absolute Gasteiger partial charge is 0.448 e. The highest BCUT2D eigenvalue weighted by Crippen LogP contribution is 2.66. The van der Waals surface area contributed by atoms with E-state index in [4.69, 9.17) is 14.9 Å². The van der Waals surface area contributed by atoms with Crippen LogP contribution in [0, 0.1) is 62.0 Å². The zero-order valence-corrected chi connectivity index (χ0v) is 13.0. The maximum absolute atomic E-state index is 13.7. The van der Waals surface area contributed by atoms with E-state index in [2.05, 4.69) is 0 Å². The predicted molar refractivity (Wildman–Crippen MR) is 78.3 cm³/mol. The molecule has 0 spiro atoms. The van der Waals surface area contributed by atoms with Gasteiger partial charge in [-0.3, -0.25) is 5.41 Å². The quantitative estimate of drug-likeness (QED) is 0.853. The molecule has 1 aromatic carbocycles. The van der Waals surface area contributed by atoms with Crippen LogP contribution in [0.1, 0.15) is 25.5 Å². The number of fused-ring (bicyclic) bond motifs is 2. The van der Waals surface area contributed by atoms with Crippen molar-refractivity contribution in [3.63, 3.8) is 0 Å². The van der Waals surface area contributed by atoms with Crippen LogP contribution < -0.4 is 0 Å². The lowest BCUT2D eigenvalue weighted by Gasteiger charge is -2.47. The number of nitrogens with one attached hydrogen (secondary N) is 1. The second kappa shape index (κ2) is 4.77. The number of halogens is 1. The molecule has 6 nitrogen and oxygen atoms in total. The highest BCUT2D eigenvalue weighted by molar-refractivity contribution is 5.89. The average Bonchev–Trinajstić information content (AvgIpc) is 2.70. The molecule has 1 N–H and O–H groups in total. The van der Waals surface area contributed by atoms with Gasteiger partial charge in [-0.05, 0) is 17.7 Å². The molecule has 0 radical (unpaired) electrons. The molecule has 2 fully saturated rings. The first kappa shape index (κ1) is 15.9. The molecule has 2 heterocycles. The molecule has 2 saturated heterocycles. The van der Waals surface area contributed by atoms with Crippen molar-refractivity contribution >= 4 is 5.90 Å². The number of benzene rings is 1. The topological polar surface area (TPSA) is 114 Å². The minimum atomic E-state index is -2.04. The van der Waals surface area contributed by atoms with Gasteiger partial charge in [-0.25, -0.2) is 4.39 Å². The average molecular weight is 324 g/mol. The standard InChI is InChI=1S/C17H13FN4O2/c1-10-15(2)23-13(11-4-3-5-12(18)6-11)16(7-19,8-20)17(10,9-21)14(22)24-15/h3-6,10,13,22H,1-2H3/t10-,13-,15-,17+/m1/s1.